The van der Waals surface area contributed by atoms with E-state index in [-0.39, 0.29) is 5.69 Å². The summed E-state index contributed by atoms with van der Waals surface area (Å²) < 4.78 is 51.4. The molecule has 8 heteroatoms. The number of pyridine rings is 1. The fraction of sp³-hybridized carbons (Fsp3) is 0.562. The lowest BCUT2D eigenvalue weighted by Gasteiger charge is -2.32. The molecule has 2 heterocycles. The summed E-state index contributed by atoms with van der Waals surface area (Å²) in [5, 5.41) is 2.94. The van der Waals surface area contributed by atoms with Gasteiger partial charge in [0.15, 0.2) is 0 Å². The SMILES string of the molecule is CNCC(=Cc1ncccc1C(F)(F)F)B1OC(C)(C)C(C)(C)O1. The summed E-state index contributed by atoms with van der Waals surface area (Å²) in [5.74, 6) is 0. The zero-order valence-corrected chi connectivity index (χ0v) is 14.5. The van der Waals surface area contributed by atoms with E-state index in [9.17, 15) is 13.2 Å². The van der Waals surface area contributed by atoms with Crippen molar-refractivity contribution in [2.24, 2.45) is 0 Å². The minimum atomic E-state index is -4.47. The quantitative estimate of drug-likeness (QED) is 0.853. The molecule has 1 saturated heterocycles. The highest BCUT2D eigenvalue weighted by molar-refractivity contribution is 6.55. The van der Waals surface area contributed by atoms with Crippen molar-refractivity contribution in [3.05, 3.63) is 35.1 Å². The molecule has 0 aromatic carbocycles. The second-order valence-corrected chi connectivity index (χ2v) is 6.77. The third-order valence-corrected chi connectivity index (χ3v) is 4.40. The summed E-state index contributed by atoms with van der Waals surface area (Å²) in [7, 11) is 0.980. The summed E-state index contributed by atoms with van der Waals surface area (Å²) in [5.41, 5.74) is -1.51. The van der Waals surface area contributed by atoms with Gasteiger partial charge in [-0.25, -0.2) is 0 Å². The van der Waals surface area contributed by atoms with E-state index in [1.165, 1.54) is 18.3 Å². The van der Waals surface area contributed by atoms with Crippen LogP contribution in [0.1, 0.15) is 39.0 Å². The topological polar surface area (TPSA) is 43.4 Å². The summed E-state index contributed by atoms with van der Waals surface area (Å²) in [6.45, 7) is 7.90. The number of nitrogens with one attached hydrogen (secondary N) is 1. The minimum absolute atomic E-state index is 0.148. The van der Waals surface area contributed by atoms with Crippen molar-refractivity contribution < 1.29 is 22.5 Å². The number of aromatic nitrogens is 1. The molecule has 132 valence electrons. The van der Waals surface area contributed by atoms with Crippen molar-refractivity contribution in [2.45, 2.75) is 45.1 Å². The molecule has 0 bridgehead atoms. The van der Waals surface area contributed by atoms with Crippen LogP contribution in [0.5, 0.6) is 0 Å². The van der Waals surface area contributed by atoms with Crippen molar-refractivity contribution in [1.82, 2.24) is 10.3 Å². The summed E-state index contributed by atoms with van der Waals surface area (Å²) in [6, 6.07) is 2.28. The Labute approximate surface area is 140 Å². The molecule has 24 heavy (non-hydrogen) atoms. The third-order valence-electron chi connectivity index (χ3n) is 4.40. The lowest BCUT2D eigenvalue weighted by Crippen LogP contribution is -2.41. The normalized spacial score (nSPS) is 20.5. The molecule has 1 aliphatic heterocycles. The number of hydrogen-bond donors (Lipinski definition) is 1. The zero-order chi connectivity index (χ0) is 18.2. The van der Waals surface area contributed by atoms with Crippen molar-refractivity contribution in [3.8, 4) is 0 Å². The van der Waals surface area contributed by atoms with Gasteiger partial charge in [0.05, 0.1) is 22.5 Å². The zero-order valence-electron chi connectivity index (χ0n) is 14.5. The monoisotopic (exact) mass is 342 g/mol. The Balaban J connectivity index is 2.41. The Hall–Kier alpha value is -1.38. The van der Waals surface area contributed by atoms with Gasteiger partial charge in [0.2, 0.25) is 0 Å². The van der Waals surface area contributed by atoms with Crippen LogP contribution in [0.4, 0.5) is 13.2 Å². The van der Waals surface area contributed by atoms with Gasteiger partial charge in [-0.15, -0.1) is 0 Å². The average Bonchev–Trinajstić information content (AvgIpc) is 2.66. The molecule has 0 unspecified atom stereocenters. The maximum Gasteiger partial charge on any atom is 0.491 e. The standard InChI is InChI=1S/C16H22BF3N2O2/c1-14(2)15(3,4)24-17(23-14)11(10-21-5)9-13-12(16(18,19)20)7-6-8-22-13/h6-9,21H,10H2,1-5H3. The van der Waals surface area contributed by atoms with Gasteiger partial charge < -0.3 is 14.6 Å². The first-order valence-corrected chi connectivity index (χ1v) is 7.71. The smallest absolute Gasteiger partial charge is 0.400 e. The number of likely N-dealkylation sites (N-methyl/N-ethyl adjacent to an activating group) is 1. The first-order valence-electron chi connectivity index (χ1n) is 7.71. The fourth-order valence-electron chi connectivity index (χ4n) is 2.35. The van der Waals surface area contributed by atoms with E-state index >= 15 is 0 Å². The first-order chi connectivity index (χ1) is 11.0. The highest BCUT2D eigenvalue weighted by atomic mass is 19.4. The Morgan fingerprint density at radius 2 is 1.83 bits per heavy atom. The Bertz CT molecular complexity index is 614. The molecule has 0 spiro atoms. The van der Waals surface area contributed by atoms with E-state index in [1.54, 1.807) is 7.05 Å². The van der Waals surface area contributed by atoms with E-state index in [2.05, 4.69) is 10.3 Å². The van der Waals surface area contributed by atoms with Gasteiger partial charge in [-0.2, -0.15) is 13.2 Å². The molecule has 1 fully saturated rings. The molecule has 4 nitrogen and oxygen atoms in total. The Kier molecular flexibility index (Phi) is 5.13. The number of halogens is 3. The molecule has 0 saturated carbocycles. The van der Waals surface area contributed by atoms with Gasteiger partial charge in [-0.05, 0) is 58.4 Å². The van der Waals surface area contributed by atoms with Crippen LogP contribution in [0.25, 0.3) is 6.08 Å². The molecule has 1 N–H and O–H groups in total. The van der Waals surface area contributed by atoms with Gasteiger partial charge in [0.25, 0.3) is 0 Å². The third kappa shape index (κ3) is 3.82. The van der Waals surface area contributed by atoms with E-state index in [0.29, 0.717) is 12.0 Å². The number of alkyl halides is 3. The van der Waals surface area contributed by atoms with Crippen LogP contribution in [0, 0.1) is 0 Å². The number of hydrogen-bond acceptors (Lipinski definition) is 4. The van der Waals surface area contributed by atoms with E-state index in [4.69, 9.17) is 9.31 Å². The summed E-state index contributed by atoms with van der Waals surface area (Å²) >= 11 is 0. The molecule has 0 amide bonds. The van der Waals surface area contributed by atoms with Crippen LogP contribution in [-0.4, -0.2) is 36.9 Å². The van der Waals surface area contributed by atoms with Gasteiger partial charge in [-0.1, -0.05) is 0 Å². The van der Waals surface area contributed by atoms with E-state index < -0.39 is 30.1 Å². The van der Waals surface area contributed by atoms with Crippen LogP contribution in [0.15, 0.2) is 23.8 Å². The lowest BCUT2D eigenvalue weighted by atomic mass is 9.77. The maximum absolute atomic E-state index is 13.2. The molecule has 0 aliphatic carbocycles. The van der Waals surface area contributed by atoms with Crippen LogP contribution in [0.3, 0.4) is 0 Å². The van der Waals surface area contributed by atoms with Gasteiger partial charge in [-0.3, -0.25) is 4.98 Å². The second-order valence-electron chi connectivity index (χ2n) is 6.77. The van der Waals surface area contributed by atoms with E-state index in [0.717, 1.165) is 6.07 Å². The van der Waals surface area contributed by atoms with Crippen LogP contribution >= 0.6 is 0 Å². The molecular formula is C16H22BF3N2O2. The van der Waals surface area contributed by atoms with Crippen LogP contribution in [-0.2, 0) is 15.5 Å². The largest absolute Gasteiger partial charge is 0.491 e. The van der Waals surface area contributed by atoms with Crippen molar-refractivity contribution in [2.75, 3.05) is 13.6 Å². The number of rotatable bonds is 4. The predicted octanol–water partition coefficient (Wildman–Crippen LogP) is 3.33. The Morgan fingerprint density at radius 1 is 1.25 bits per heavy atom. The Morgan fingerprint density at radius 3 is 2.33 bits per heavy atom. The molecule has 0 atom stereocenters. The van der Waals surface area contributed by atoms with Crippen LogP contribution in [0.2, 0.25) is 0 Å². The average molecular weight is 342 g/mol. The van der Waals surface area contributed by atoms with Gasteiger partial charge in [0.1, 0.15) is 0 Å². The molecule has 1 aromatic heterocycles. The van der Waals surface area contributed by atoms with Crippen molar-refractivity contribution in [1.29, 1.82) is 0 Å². The second kappa shape index (κ2) is 6.50. The molecule has 0 radical (unpaired) electrons. The van der Waals surface area contributed by atoms with Crippen LogP contribution < -0.4 is 5.32 Å². The van der Waals surface area contributed by atoms with Crippen molar-refractivity contribution >= 4 is 13.2 Å². The molecule has 2 rings (SSSR count). The molecule has 1 aliphatic rings. The highest BCUT2D eigenvalue weighted by Crippen LogP contribution is 2.39. The summed E-state index contributed by atoms with van der Waals surface area (Å²) in [4.78, 5) is 3.88. The fourth-order valence-corrected chi connectivity index (χ4v) is 2.35. The lowest BCUT2D eigenvalue weighted by molar-refractivity contribution is -0.138. The van der Waals surface area contributed by atoms with Gasteiger partial charge >= 0.3 is 13.3 Å². The highest BCUT2D eigenvalue weighted by Gasteiger charge is 2.52. The first kappa shape index (κ1) is 19.0. The minimum Gasteiger partial charge on any atom is -0.400 e. The molecule has 1 aromatic rings. The molecular weight excluding hydrogens is 320 g/mol. The summed E-state index contributed by atoms with van der Waals surface area (Å²) in [6.07, 6.45) is -1.75. The predicted molar refractivity (Wildman–Crippen MR) is 87.2 cm³/mol. The van der Waals surface area contributed by atoms with E-state index in [1.807, 2.05) is 27.7 Å². The van der Waals surface area contributed by atoms with Gasteiger partial charge in [0, 0.05) is 12.7 Å². The maximum atomic E-state index is 13.2. The van der Waals surface area contributed by atoms with Crippen molar-refractivity contribution in [3.63, 3.8) is 0 Å². The number of nitrogens with zero attached hydrogens (tertiary/aromatic N) is 1.